The molecule has 1 fully saturated rings. The fourth-order valence-corrected chi connectivity index (χ4v) is 2.78. The molecule has 0 unspecified atom stereocenters. The maximum Gasteiger partial charge on any atom is 0.134 e. The fraction of sp³-hybridized carbons (Fsp3) is 0.700. The second kappa shape index (κ2) is 3.51. The summed E-state index contributed by atoms with van der Waals surface area (Å²) in [5, 5.41) is 3.08. The van der Waals surface area contributed by atoms with Crippen LogP contribution in [0.15, 0.2) is 5.38 Å². The summed E-state index contributed by atoms with van der Waals surface area (Å²) in [6.45, 7) is 5.10. The number of rotatable bonds is 1. The molecular formula is C10H16N2OS. The molecule has 14 heavy (non-hydrogen) atoms. The molecule has 1 aliphatic heterocycles. The molecule has 0 spiro atoms. The number of ether oxygens (including phenoxy) is 1. The molecule has 1 aromatic heterocycles. The summed E-state index contributed by atoms with van der Waals surface area (Å²) in [4.78, 5) is 4.34. The topological polar surface area (TPSA) is 48.1 Å². The van der Waals surface area contributed by atoms with Gasteiger partial charge in [0.15, 0.2) is 0 Å². The highest BCUT2D eigenvalue weighted by Crippen LogP contribution is 2.36. The van der Waals surface area contributed by atoms with Crippen molar-refractivity contribution < 1.29 is 4.74 Å². The SMILES string of the molecule is CC1(C)C[C@H](c2nc(N)cs2)CCO1. The summed E-state index contributed by atoms with van der Waals surface area (Å²) < 4.78 is 5.67. The Kier molecular flexibility index (Phi) is 2.49. The van der Waals surface area contributed by atoms with Gasteiger partial charge in [-0.2, -0.15) is 0 Å². The molecule has 2 N–H and O–H groups in total. The molecule has 0 amide bonds. The van der Waals surface area contributed by atoms with Crippen LogP contribution in [-0.4, -0.2) is 17.2 Å². The molecule has 2 rings (SSSR count). The van der Waals surface area contributed by atoms with Gasteiger partial charge in [-0.25, -0.2) is 4.98 Å². The average molecular weight is 212 g/mol. The highest BCUT2D eigenvalue weighted by Gasteiger charge is 2.31. The van der Waals surface area contributed by atoms with E-state index in [0.29, 0.717) is 11.7 Å². The van der Waals surface area contributed by atoms with Crippen molar-refractivity contribution >= 4 is 17.2 Å². The van der Waals surface area contributed by atoms with Crippen LogP contribution in [0.1, 0.15) is 37.6 Å². The number of anilines is 1. The Morgan fingerprint density at radius 1 is 1.64 bits per heavy atom. The second-order valence-corrected chi connectivity index (χ2v) is 5.30. The summed E-state index contributed by atoms with van der Waals surface area (Å²) in [7, 11) is 0. The van der Waals surface area contributed by atoms with Crippen molar-refractivity contribution in [3.63, 3.8) is 0 Å². The Labute approximate surface area is 88.3 Å². The van der Waals surface area contributed by atoms with E-state index in [1.165, 1.54) is 5.01 Å². The minimum absolute atomic E-state index is 0.0106. The fourth-order valence-electron chi connectivity index (χ4n) is 1.93. The van der Waals surface area contributed by atoms with Crippen LogP contribution in [0.5, 0.6) is 0 Å². The van der Waals surface area contributed by atoms with E-state index < -0.39 is 0 Å². The van der Waals surface area contributed by atoms with Gasteiger partial charge in [-0.05, 0) is 26.7 Å². The number of hydrogen-bond acceptors (Lipinski definition) is 4. The van der Waals surface area contributed by atoms with Crippen LogP contribution in [0.3, 0.4) is 0 Å². The molecular weight excluding hydrogens is 196 g/mol. The van der Waals surface area contributed by atoms with Crippen LogP contribution in [-0.2, 0) is 4.74 Å². The van der Waals surface area contributed by atoms with Crippen LogP contribution >= 0.6 is 11.3 Å². The molecule has 0 bridgehead atoms. The van der Waals surface area contributed by atoms with Gasteiger partial charge in [0.25, 0.3) is 0 Å². The molecule has 0 saturated carbocycles. The number of hydrogen-bond donors (Lipinski definition) is 1. The zero-order valence-corrected chi connectivity index (χ0v) is 9.43. The molecule has 2 heterocycles. The lowest BCUT2D eigenvalue weighted by molar-refractivity contribution is -0.0593. The summed E-state index contributed by atoms with van der Waals surface area (Å²) in [6, 6.07) is 0. The smallest absolute Gasteiger partial charge is 0.134 e. The predicted molar refractivity (Wildman–Crippen MR) is 58.5 cm³/mol. The van der Waals surface area contributed by atoms with Crippen molar-refractivity contribution in [2.75, 3.05) is 12.3 Å². The molecule has 1 atom stereocenters. The van der Waals surface area contributed by atoms with Crippen molar-refractivity contribution in [2.45, 2.75) is 38.2 Å². The van der Waals surface area contributed by atoms with Gasteiger partial charge in [-0.3, -0.25) is 0 Å². The van der Waals surface area contributed by atoms with E-state index >= 15 is 0 Å². The van der Waals surface area contributed by atoms with Gasteiger partial charge < -0.3 is 10.5 Å². The van der Waals surface area contributed by atoms with Gasteiger partial charge in [0.2, 0.25) is 0 Å². The quantitative estimate of drug-likeness (QED) is 0.777. The minimum Gasteiger partial charge on any atom is -0.383 e. The standard InChI is InChI=1S/C10H16N2OS/c1-10(2)5-7(3-4-13-10)9-12-8(11)6-14-9/h6-7H,3-5,11H2,1-2H3/t7-/m1/s1. The maximum absolute atomic E-state index is 5.67. The number of thiazole rings is 1. The first-order valence-electron chi connectivity index (χ1n) is 4.92. The van der Waals surface area contributed by atoms with Crippen molar-refractivity contribution in [1.29, 1.82) is 0 Å². The number of nitrogens with zero attached hydrogens (tertiary/aromatic N) is 1. The van der Waals surface area contributed by atoms with E-state index in [9.17, 15) is 0 Å². The summed E-state index contributed by atoms with van der Waals surface area (Å²) in [5.41, 5.74) is 5.61. The third-order valence-corrected chi connectivity index (χ3v) is 3.61. The molecule has 0 radical (unpaired) electrons. The van der Waals surface area contributed by atoms with Crippen LogP contribution in [0.2, 0.25) is 0 Å². The summed E-state index contributed by atoms with van der Waals surface area (Å²) >= 11 is 1.67. The number of nitrogens with two attached hydrogens (primary N) is 1. The Hall–Kier alpha value is -0.610. The first kappa shape index (κ1) is 9.93. The molecule has 4 heteroatoms. The Morgan fingerprint density at radius 2 is 2.43 bits per heavy atom. The first-order valence-corrected chi connectivity index (χ1v) is 5.80. The van der Waals surface area contributed by atoms with Crippen LogP contribution < -0.4 is 5.73 Å². The summed E-state index contributed by atoms with van der Waals surface area (Å²) in [6.07, 6.45) is 2.11. The van der Waals surface area contributed by atoms with Gasteiger partial charge in [-0.1, -0.05) is 0 Å². The highest BCUT2D eigenvalue weighted by molar-refractivity contribution is 7.10. The maximum atomic E-state index is 5.67. The van der Waals surface area contributed by atoms with Gasteiger partial charge in [0.1, 0.15) is 5.82 Å². The molecule has 0 aromatic carbocycles. The number of aromatic nitrogens is 1. The zero-order chi connectivity index (χ0) is 10.2. The normalized spacial score (nSPS) is 26.3. The van der Waals surface area contributed by atoms with Crippen molar-refractivity contribution in [3.8, 4) is 0 Å². The lowest BCUT2D eigenvalue weighted by atomic mass is 9.89. The molecule has 78 valence electrons. The van der Waals surface area contributed by atoms with E-state index in [2.05, 4.69) is 18.8 Å². The Morgan fingerprint density at radius 3 is 3.00 bits per heavy atom. The second-order valence-electron chi connectivity index (χ2n) is 4.41. The van der Waals surface area contributed by atoms with Crippen LogP contribution in [0, 0.1) is 0 Å². The van der Waals surface area contributed by atoms with E-state index in [4.69, 9.17) is 10.5 Å². The Bertz CT molecular complexity index is 322. The van der Waals surface area contributed by atoms with Crippen molar-refractivity contribution in [2.24, 2.45) is 0 Å². The van der Waals surface area contributed by atoms with E-state index in [1.807, 2.05) is 5.38 Å². The first-order chi connectivity index (χ1) is 6.57. The third-order valence-electron chi connectivity index (χ3n) is 2.59. The number of nitrogen functional groups attached to an aromatic ring is 1. The van der Waals surface area contributed by atoms with E-state index in [0.717, 1.165) is 19.4 Å². The highest BCUT2D eigenvalue weighted by atomic mass is 32.1. The average Bonchev–Trinajstić information content (AvgIpc) is 2.50. The third kappa shape index (κ3) is 2.07. The lowest BCUT2D eigenvalue weighted by Gasteiger charge is -2.34. The van der Waals surface area contributed by atoms with Gasteiger partial charge in [0.05, 0.1) is 10.6 Å². The van der Waals surface area contributed by atoms with E-state index in [1.54, 1.807) is 11.3 Å². The van der Waals surface area contributed by atoms with Crippen molar-refractivity contribution in [3.05, 3.63) is 10.4 Å². The van der Waals surface area contributed by atoms with E-state index in [-0.39, 0.29) is 5.60 Å². The van der Waals surface area contributed by atoms with Gasteiger partial charge in [-0.15, -0.1) is 11.3 Å². The molecule has 1 aromatic rings. The molecule has 0 aliphatic carbocycles. The van der Waals surface area contributed by atoms with Crippen LogP contribution in [0.4, 0.5) is 5.82 Å². The zero-order valence-electron chi connectivity index (χ0n) is 8.62. The minimum atomic E-state index is -0.0106. The van der Waals surface area contributed by atoms with Crippen molar-refractivity contribution in [1.82, 2.24) is 4.98 Å². The molecule has 3 nitrogen and oxygen atoms in total. The van der Waals surface area contributed by atoms with Gasteiger partial charge in [0, 0.05) is 17.9 Å². The molecule has 1 saturated heterocycles. The molecule has 1 aliphatic rings. The Balaban J connectivity index is 2.12. The largest absolute Gasteiger partial charge is 0.383 e. The lowest BCUT2D eigenvalue weighted by Crippen LogP contribution is -2.32. The van der Waals surface area contributed by atoms with Gasteiger partial charge >= 0.3 is 0 Å². The van der Waals surface area contributed by atoms with Crippen LogP contribution in [0.25, 0.3) is 0 Å². The monoisotopic (exact) mass is 212 g/mol. The predicted octanol–water partition coefficient (Wildman–Crippen LogP) is 2.40. The summed E-state index contributed by atoms with van der Waals surface area (Å²) in [5.74, 6) is 1.18.